The molecule has 102 valence electrons. The molecule has 1 aromatic rings. The fourth-order valence-electron chi connectivity index (χ4n) is 1.24. The highest BCUT2D eigenvalue weighted by atomic mass is 35.5. The molecule has 0 saturated heterocycles. The number of halogens is 2. The maximum atomic E-state index is 10.9. The van der Waals surface area contributed by atoms with E-state index in [1.807, 2.05) is 6.92 Å². The third-order valence-electron chi connectivity index (χ3n) is 2.10. The van der Waals surface area contributed by atoms with Crippen LogP contribution in [0.15, 0.2) is 12.1 Å². The van der Waals surface area contributed by atoms with Crippen LogP contribution in [-0.2, 0) is 4.79 Å². The van der Waals surface area contributed by atoms with Gasteiger partial charge >= 0.3 is 0 Å². The number of nitrogens with two attached hydrogens (primary N) is 1. The van der Waals surface area contributed by atoms with E-state index in [1.165, 1.54) is 0 Å². The summed E-state index contributed by atoms with van der Waals surface area (Å²) in [5.74, 6) is 5.86. The van der Waals surface area contributed by atoms with Gasteiger partial charge in [-0.15, -0.1) is 0 Å². The molecule has 0 aliphatic heterocycles. The highest BCUT2D eigenvalue weighted by molar-refractivity contribution is 6.35. The molecule has 0 bridgehead atoms. The van der Waals surface area contributed by atoms with Gasteiger partial charge in [-0.05, 0) is 13.0 Å². The van der Waals surface area contributed by atoms with Crippen molar-refractivity contribution in [2.24, 2.45) is 5.73 Å². The number of ether oxygens (including phenoxy) is 1. The van der Waals surface area contributed by atoms with Crippen LogP contribution in [0.4, 0.5) is 0 Å². The maximum Gasteiger partial charge on any atom is 0.234 e. The molecule has 0 unspecified atom stereocenters. The molecule has 6 heteroatoms. The van der Waals surface area contributed by atoms with Gasteiger partial charge in [-0.3, -0.25) is 4.79 Å². The Balaban J connectivity index is 2.77. The highest BCUT2D eigenvalue weighted by Gasteiger charge is 2.06. The molecule has 0 aromatic heterocycles. The maximum absolute atomic E-state index is 10.9. The zero-order valence-electron chi connectivity index (χ0n) is 10.4. The summed E-state index contributed by atoms with van der Waals surface area (Å²) < 4.78 is 5.31. The van der Waals surface area contributed by atoms with Crippen LogP contribution in [0.5, 0.6) is 5.75 Å². The van der Waals surface area contributed by atoms with Crippen molar-refractivity contribution in [2.75, 3.05) is 19.7 Å². The summed E-state index contributed by atoms with van der Waals surface area (Å²) in [6.45, 7) is 2.51. The number of rotatable bonds is 4. The molecule has 19 heavy (non-hydrogen) atoms. The van der Waals surface area contributed by atoms with Crippen molar-refractivity contribution in [2.45, 2.75) is 6.92 Å². The SMILES string of the molecule is CCOc1cc(Cl)c(C#CCNC(=O)CN)cc1Cl. The number of hydrogen-bond acceptors (Lipinski definition) is 3. The van der Waals surface area contributed by atoms with Gasteiger partial charge in [-0.2, -0.15) is 0 Å². The Hall–Kier alpha value is -1.41. The first-order valence-corrected chi connectivity index (χ1v) is 6.41. The van der Waals surface area contributed by atoms with Gasteiger partial charge in [-0.25, -0.2) is 0 Å². The van der Waals surface area contributed by atoms with Crippen molar-refractivity contribution < 1.29 is 9.53 Å². The number of amides is 1. The van der Waals surface area contributed by atoms with Gasteiger partial charge in [0.25, 0.3) is 0 Å². The minimum atomic E-state index is -0.259. The van der Waals surface area contributed by atoms with Crippen molar-refractivity contribution in [1.82, 2.24) is 5.32 Å². The molecule has 0 aliphatic rings. The molecule has 0 fully saturated rings. The van der Waals surface area contributed by atoms with Crippen LogP contribution in [0.2, 0.25) is 10.0 Å². The Morgan fingerprint density at radius 2 is 2.16 bits per heavy atom. The van der Waals surface area contributed by atoms with E-state index in [9.17, 15) is 4.79 Å². The molecule has 4 nitrogen and oxygen atoms in total. The fourth-order valence-corrected chi connectivity index (χ4v) is 1.66. The summed E-state index contributed by atoms with van der Waals surface area (Å²) in [6.07, 6.45) is 0. The third-order valence-corrected chi connectivity index (χ3v) is 2.71. The Kier molecular flexibility index (Phi) is 6.51. The number of carbonyl (C=O) groups excluding carboxylic acids is 1. The topological polar surface area (TPSA) is 64.3 Å². The first kappa shape index (κ1) is 15.6. The molecule has 0 heterocycles. The van der Waals surface area contributed by atoms with E-state index in [4.69, 9.17) is 33.7 Å². The number of carbonyl (C=O) groups is 1. The standard InChI is InChI=1S/C13H14Cl2N2O2/c1-2-19-12-7-10(14)9(6-11(12)15)4-3-5-17-13(18)8-16/h6-7H,2,5,8,16H2,1H3,(H,17,18). The molecule has 1 aromatic carbocycles. The Morgan fingerprint density at radius 1 is 1.42 bits per heavy atom. The molecular formula is C13H14Cl2N2O2. The lowest BCUT2D eigenvalue weighted by Gasteiger charge is -2.07. The summed E-state index contributed by atoms with van der Waals surface area (Å²) in [5.41, 5.74) is 5.72. The van der Waals surface area contributed by atoms with Crippen molar-refractivity contribution in [1.29, 1.82) is 0 Å². The minimum Gasteiger partial charge on any atom is -0.492 e. The monoisotopic (exact) mass is 300 g/mol. The van der Waals surface area contributed by atoms with E-state index < -0.39 is 0 Å². The average Bonchev–Trinajstić information content (AvgIpc) is 2.39. The van der Waals surface area contributed by atoms with Gasteiger partial charge in [0, 0.05) is 11.6 Å². The summed E-state index contributed by atoms with van der Waals surface area (Å²) in [4.78, 5) is 10.9. The van der Waals surface area contributed by atoms with Crippen LogP contribution in [0.1, 0.15) is 12.5 Å². The second-order valence-electron chi connectivity index (χ2n) is 3.48. The Bertz CT molecular complexity index is 521. The smallest absolute Gasteiger partial charge is 0.234 e. The largest absolute Gasteiger partial charge is 0.492 e. The number of nitrogens with one attached hydrogen (secondary N) is 1. The van der Waals surface area contributed by atoms with Crippen molar-refractivity contribution in [3.63, 3.8) is 0 Å². The van der Waals surface area contributed by atoms with Crippen LogP contribution in [0, 0.1) is 11.8 Å². The van der Waals surface area contributed by atoms with E-state index >= 15 is 0 Å². The summed E-state index contributed by atoms with van der Waals surface area (Å²) in [5, 5.41) is 3.43. The zero-order chi connectivity index (χ0) is 14.3. The lowest BCUT2D eigenvalue weighted by atomic mass is 10.2. The highest BCUT2D eigenvalue weighted by Crippen LogP contribution is 2.30. The normalized spacial score (nSPS) is 9.47. The lowest BCUT2D eigenvalue weighted by molar-refractivity contribution is -0.119. The molecule has 0 spiro atoms. The van der Waals surface area contributed by atoms with Crippen LogP contribution >= 0.6 is 23.2 Å². The van der Waals surface area contributed by atoms with E-state index in [2.05, 4.69) is 17.2 Å². The average molecular weight is 301 g/mol. The molecule has 1 rings (SSSR count). The lowest BCUT2D eigenvalue weighted by Crippen LogP contribution is -2.30. The molecule has 0 saturated carbocycles. The predicted molar refractivity (Wildman–Crippen MR) is 76.6 cm³/mol. The Labute approximate surface area is 122 Å². The number of hydrogen-bond donors (Lipinski definition) is 2. The van der Waals surface area contributed by atoms with E-state index in [0.717, 1.165) is 0 Å². The summed E-state index contributed by atoms with van der Waals surface area (Å²) in [7, 11) is 0. The first-order chi connectivity index (χ1) is 9.08. The van der Waals surface area contributed by atoms with Crippen molar-refractivity contribution in [3.8, 4) is 17.6 Å². The van der Waals surface area contributed by atoms with Gasteiger partial charge in [0.15, 0.2) is 0 Å². The van der Waals surface area contributed by atoms with E-state index in [0.29, 0.717) is 28.0 Å². The van der Waals surface area contributed by atoms with Crippen molar-refractivity contribution >= 4 is 29.1 Å². The summed E-state index contributed by atoms with van der Waals surface area (Å²) in [6, 6.07) is 3.25. The zero-order valence-corrected chi connectivity index (χ0v) is 11.9. The van der Waals surface area contributed by atoms with Crippen LogP contribution in [0.25, 0.3) is 0 Å². The second-order valence-corrected chi connectivity index (χ2v) is 4.29. The molecule has 0 aliphatic carbocycles. The Morgan fingerprint density at radius 3 is 2.79 bits per heavy atom. The molecule has 0 atom stereocenters. The van der Waals surface area contributed by atoms with Gasteiger partial charge in [0.2, 0.25) is 5.91 Å². The fraction of sp³-hybridized carbons (Fsp3) is 0.308. The van der Waals surface area contributed by atoms with Gasteiger partial charge in [0.05, 0.1) is 29.7 Å². The second kappa shape index (κ2) is 7.90. The molecule has 1 amide bonds. The van der Waals surface area contributed by atoms with Crippen LogP contribution in [-0.4, -0.2) is 25.6 Å². The molecule has 0 radical (unpaired) electrons. The van der Waals surface area contributed by atoms with Crippen LogP contribution < -0.4 is 15.8 Å². The minimum absolute atomic E-state index is 0.0582. The first-order valence-electron chi connectivity index (χ1n) is 5.66. The van der Waals surface area contributed by atoms with Crippen molar-refractivity contribution in [3.05, 3.63) is 27.7 Å². The predicted octanol–water partition coefficient (Wildman–Crippen LogP) is 1.82. The summed E-state index contributed by atoms with van der Waals surface area (Å²) >= 11 is 12.1. The van der Waals surface area contributed by atoms with E-state index in [1.54, 1.807) is 12.1 Å². The number of benzene rings is 1. The van der Waals surface area contributed by atoms with Gasteiger partial charge < -0.3 is 15.8 Å². The quantitative estimate of drug-likeness (QED) is 0.834. The van der Waals surface area contributed by atoms with Gasteiger partial charge in [-0.1, -0.05) is 35.0 Å². The van der Waals surface area contributed by atoms with Gasteiger partial charge in [0.1, 0.15) is 5.75 Å². The molecule has 3 N–H and O–H groups in total. The molecular weight excluding hydrogens is 287 g/mol. The third kappa shape index (κ3) is 4.99. The van der Waals surface area contributed by atoms with E-state index in [-0.39, 0.29) is 19.0 Å². The van der Waals surface area contributed by atoms with Crippen LogP contribution in [0.3, 0.4) is 0 Å².